The van der Waals surface area contributed by atoms with Crippen LogP contribution in [0.15, 0.2) is 85.0 Å². The quantitative estimate of drug-likeness (QED) is 0.0882. The van der Waals surface area contributed by atoms with Gasteiger partial charge in [0.15, 0.2) is 0 Å². The van der Waals surface area contributed by atoms with Crippen LogP contribution < -0.4 is 0 Å². The van der Waals surface area contributed by atoms with Gasteiger partial charge < -0.3 is 9.84 Å². The maximum atomic E-state index is 12.5. The van der Waals surface area contributed by atoms with E-state index in [1.54, 1.807) is 23.9 Å². The van der Waals surface area contributed by atoms with Crippen LogP contribution in [-0.4, -0.2) is 34.5 Å². The summed E-state index contributed by atoms with van der Waals surface area (Å²) in [6.45, 7) is 4.37. The van der Waals surface area contributed by atoms with Crippen molar-refractivity contribution in [2.24, 2.45) is 0 Å². The van der Waals surface area contributed by atoms with Gasteiger partial charge in [0.2, 0.25) is 0 Å². The number of thioether (sulfide) groups is 1. The minimum atomic E-state index is -0.561. The Bertz CT molecular complexity index is 942. The fourth-order valence-corrected chi connectivity index (χ4v) is 4.89. The van der Waals surface area contributed by atoms with Crippen LogP contribution in [0, 0.1) is 0 Å². The first-order valence-corrected chi connectivity index (χ1v) is 15.5. The van der Waals surface area contributed by atoms with Crippen molar-refractivity contribution in [2.75, 3.05) is 12.4 Å². The van der Waals surface area contributed by atoms with E-state index in [1.807, 2.05) is 6.92 Å². The molecule has 0 bridgehead atoms. The predicted octanol–water partition coefficient (Wildman–Crippen LogP) is 9.33. The summed E-state index contributed by atoms with van der Waals surface area (Å²) in [5, 5.41) is 9.72. The Morgan fingerprint density at radius 1 is 0.821 bits per heavy atom. The van der Waals surface area contributed by atoms with Gasteiger partial charge in [0.1, 0.15) is 17.1 Å². The molecule has 1 atom stereocenters. The first-order chi connectivity index (χ1) is 19.1. The van der Waals surface area contributed by atoms with E-state index in [0.717, 1.165) is 63.5 Å². The molecule has 0 aliphatic heterocycles. The highest BCUT2D eigenvalue weighted by atomic mass is 32.2. The minimum Gasteiger partial charge on any atom is -0.507 e. The summed E-state index contributed by atoms with van der Waals surface area (Å²) < 4.78 is 5.20. The monoisotopic (exact) mass is 552 g/mol. The van der Waals surface area contributed by atoms with Crippen molar-refractivity contribution in [2.45, 2.75) is 89.7 Å². The Hall–Kier alpha value is -2.79. The second-order valence-corrected chi connectivity index (χ2v) is 10.5. The highest BCUT2D eigenvalue weighted by Crippen LogP contribution is 2.20. The third-order valence-corrected chi connectivity index (χ3v) is 7.42. The molecule has 4 nitrogen and oxygen atoms in total. The number of ketones is 1. The van der Waals surface area contributed by atoms with Crippen molar-refractivity contribution in [1.29, 1.82) is 0 Å². The fraction of sp³-hybridized carbons (Fsp3) is 0.471. The lowest BCUT2D eigenvalue weighted by atomic mass is 10.1. The Kier molecular flexibility index (Phi) is 21.3. The number of hydrogen-bond acceptors (Lipinski definition) is 5. The van der Waals surface area contributed by atoms with E-state index < -0.39 is 5.97 Å². The number of benzene rings is 1. The Morgan fingerprint density at radius 2 is 1.41 bits per heavy atom. The highest BCUT2D eigenvalue weighted by Gasteiger charge is 2.17. The molecule has 0 unspecified atom stereocenters. The van der Waals surface area contributed by atoms with Crippen molar-refractivity contribution in [3.8, 4) is 5.75 Å². The number of carbonyl (C=O) groups is 2. The molecule has 0 amide bonds. The molecule has 0 aromatic heterocycles. The number of rotatable bonds is 22. The maximum absolute atomic E-state index is 12.5. The van der Waals surface area contributed by atoms with Crippen molar-refractivity contribution >= 4 is 23.5 Å². The summed E-state index contributed by atoms with van der Waals surface area (Å²) in [6.07, 6.45) is 32.3. The first kappa shape index (κ1) is 34.2. The lowest BCUT2D eigenvalue weighted by molar-refractivity contribution is -0.118. The topological polar surface area (TPSA) is 63.6 Å². The fourth-order valence-electron chi connectivity index (χ4n) is 3.69. The number of ether oxygens (including phenoxy) is 1. The Morgan fingerprint density at radius 3 is 2.00 bits per heavy atom. The number of Topliss-reactive ketones (excluding diaryl/α,β-unsaturated/α-hetero) is 1. The summed E-state index contributed by atoms with van der Waals surface area (Å²) in [7, 11) is 0. The Labute approximate surface area is 241 Å². The van der Waals surface area contributed by atoms with Gasteiger partial charge in [0.05, 0.1) is 11.9 Å². The molecule has 0 radical (unpaired) electrons. The molecule has 0 spiro atoms. The molecule has 1 aromatic rings. The number of hydrogen-bond donors (Lipinski definition) is 1. The minimum absolute atomic E-state index is 0.00701. The third kappa shape index (κ3) is 18.2. The zero-order valence-electron chi connectivity index (χ0n) is 23.9. The van der Waals surface area contributed by atoms with Crippen LogP contribution in [0.1, 0.15) is 94.8 Å². The average Bonchev–Trinajstić information content (AvgIpc) is 2.94. The average molecular weight is 553 g/mol. The number of unbranched alkanes of at least 4 members (excludes halogenated alkanes) is 2. The second kappa shape index (κ2) is 24.3. The van der Waals surface area contributed by atoms with E-state index in [9.17, 15) is 14.7 Å². The van der Waals surface area contributed by atoms with Gasteiger partial charge in [-0.3, -0.25) is 4.79 Å². The van der Waals surface area contributed by atoms with Gasteiger partial charge in [0, 0.05) is 6.42 Å². The van der Waals surface area contributed by atoms with Gasteiger partial charge in [-0.25, -0.2) is 4.79 Å². The van der Waals surface area contributed by atoms with Crippen molar-refractivity contribution in [1.82, 2.24) is 0 Å². The molecule has 0 fully saturated rings. The molecule has 1 aromatic carbocycles. The molecule has 0 saturated carbocycles. The number of carbonyl (C=O) groups excluding carboxylic acids is 2. The van der Waals surface area contributed by atoms with E-state index in [-0.39, 0.29) is 29.0 Å². The summed E-state index contributed by atoms with van der Waals surface area (Å²) >= 11 is 1.74. The zero-order valence-corrected chi connectivity index (χ0v) is 24.7. The van der Waals surface area contributed by atoms with Crippen LogP contribution in [0.25, 0.3) is 0 Å². The van der Waals surface area contributed by atoms with Gasteiger partial charge in [-0.1, -0.05) is 86.7 Å². The van der Waals surface area contributed by atoms with Crippen molar-refractivity contribution < 1.29 is 19.4 Å². The molecule has 1 N–H and O–H groups in total. The predicted molar refractivity (Wildman–Crippen MR) is 167 cm³/mol. The normalized spacial score (nSPS) is 13.0. The molecular formula is C34H48O4S. The smallest absolute Gasteiger partial charge is 0.341 e. The van der Waals surface area contributed by atoms with E-state index in [1.165, 1.54) is 12.1 Å². The number of para-hydroxylation sites is 1. The van der Waals surface area contributed by atoms with Crippen molar-refractivity contribution in [3.05, 3.63) is 90.6 Å². The number of phenolic OH excluding ortho intramolecular Hbond substituents is 1. The molecular weight excluding hydrogens is 504 g/mol. The first-order valence-electron chi connectivity index (χ1n) is 14.4. The molecule has 39 heavy (non-hydrogen) atoms. The molecule has 214 valence electrons. The molecule has 0 aliphatic carbocycles. The third-order valence-electron chi connectivity index (χ3n) is 5.90. The van der Waals surface area contributed by atoms with E-state index in [4.69, 9.17) is 4.74 Å². The lowest BCUT2D eigenvalue weighted by Gasteiger charge is -2.13. The van der Waals surface area contributed by atoms with Crippen LogP contribution in [0.5, 0.6) is 5.75 Å². The van der Waals surface area contributed by atoms with Crippen LogP contribution in [0.3, 0.4) is 0 Å². The van der Waals surface area contributed by atoms with Crippen LogP contribution >= 0.6 is 11.8 Å². The number of allylic oxidation sites excluding steroid dienone is 10. The number of esters is 1. The molecule has 0 saturated heterocycles. The van der Waals surface area contributed by atoms with Gasteiger partial charge in [0.25, 0.3) is 0 Å². The second-order valence-electron chi connectivity index (χ2n) is 9.19. The van der Waals surface area contributed by atoms with E-state index in [0.29, 0.717) is 12.8 Å². The molecule has 5 heteroatoms. The lowest BCUT2D eigenvalue weighted by Crippen LogP contribution is -2.18. The van der Waals surface area contributed by atoms with Crippen molar-refractivity contribution in [3.63, 3.8) is 0 Å². The summed E-state index contributed by atoms with van der Waals surface area (Å²) in [5.41, 5.74) is 0.149. The van der Waals surface area contributed by atoms with E-state index in [2.05, 4.69) is 67.7 Å². The SMILES string of the molecule is CC/C=C\C/C=C\C/C=C\C/C=C\C/C=C\CCCCS[C@H](CC)C(=O)CCCOC(=O)c1ccccc1O. The number of aromatic hydroxyl groups is 1. The highest BCUT2D eigenvalue weighted by molar-refractivity contribution is 8.00. The van der Waals surface area contributed by atoms with Gasteiger partial charge >= 0.3 is 5.97 Å². The molecule has 0 heterocycles. The summed E-state index contributed by atoms with van der Waals surface area (Å²) in [6, 6.07) is 6.30. The standard InChI is InChI=1S/C34H48O4S/c1-3-5-6-7-8-9-10-11-12-13-14-15-16-17-18-19-20-23-29-39-33(4-2)32(36)27-24-28-38-34(37)30-25-21-22-26-31(30)35/h5-6,8-9,11-12,14-15,17-18,21-22,25-26,33,35H,3-4,7,10,13,16,19-20,23-24,27-29H2,1-2H3/b6-5-,9-8-,12-11-,15-14-,18-17-/t33-/m1/s1. The van der Waals surface area contributed by atoms with Gasteiger partial charge in [-0.2, -0.15) is 11.8 Å². The summed E-state index contributed by atoms with van der Waals surface area (Å²) in [5.74, 6) is 0.549. The van der Waals surface area contributed by atoms with Crippen LogP contribution in [-0.2, 0) is 9.53 Å². The Balaban J connectivity index is 2.05. The summed E-state index contributed by atoms with van der Waals surface area (Å²) in [4.78, 5) is 24.6. The van der Waals surface area contributed by atoms with Crippen LogP contribution in [0.2, 0.25) is 0 Å². The van der Waals surface area contributed by atoms with Gasteiger partial charge in [-0.05, 0) is 82.1 Å². The van der Waals surface area contributed by atoms with E-state index >= 15 is 0 Å². The van der Waals surface area contributed by atoms with Crippen LogP contribution in [0.4, 0.5) is 0 Å². The largest absolute Gasteiger partial charge is 0.507 e. The maximum Gasteiger partial charge on any atom is 0.341 e. The van der Waals surface area contributed by atoms with Gasteiger partial charge in [-0.15, -0.1) is 0 Å². The molecule has 0 aliphatic rings. The number of phenols is 1. The zero-order chi connectivity index (χ0) is 28.4. The molecule has 1 rings (SSSR count).